The Morgan fingerprint density at radius 1 is 1.04 bits per heavy atom. The highest BCUT2D eigenvalue weighted by atomic mass is 16.7. The number of rotatable bonds is 4. The zero-order chi connectivity index (χ0) is 18.1. The van der Waals surface area contributed by atoms with Gasteiger partial charge in [0, 0.05) is 13.8 Å². The lowest BCUT2D eigenvalue weighted by Crippen LogP contribution is -2.41. The molecule has 0 saturated carbocycles. The summed E-state index contributed by atoms with van der Waals surface area (Å²) in [6.45, 7) is 10.6. The van der Waals surface area contributed by atoms with Crippen LogP contribution in [0.2, 0.25) is 0 Å². The maximum absolute atomic E-state index is 11.1. The van der Waals surface area contributed by atoms with Gasteiger partial charge in [0.15, 0.2) is 0 Å². The summed E-state index contributed by atoms with van der Waals surface area (Å²) in [5.74, 6) is -0.436. The van der Waals surface area contributed by atoms with Gasteiger partial charge in [-0.3, -0.25) is 9.59 Å². The molecular weight excluding hydrogens is 311 g/mol. The fraction of sp³-hybridized carbons (Fsp3) is 0.529. The van der Waals surface area contributed by atoms with Crippen molar-refractivity contribution in [3.63, 3.8) is 0 Å². The minimum Gasteiger partial charge on any atom is -0.461 e. The summed E-state index contributed by atoms with van der Waals surface area (Å²) < 4.78 is 22.3. The zero-order valence-corrected chi connectivity index (χ0v) is 15.0. The molecule has 6 nitrogen and oxygen atoms in total. The highest BCUT2D eigenvalue weighted by Crippen LogP contribution is 2.36. The number of hydrogen-bond donors (Lipinski definition) is 0. The van der Waals surface area contributed by atoms with Crippen molar-refractivity contribution in [3.8, 4) is 5.75 Å². The fourth-order valence-electron chi connectivity index (χ4n) is 2.32. The number of carbonyl (C=O) groups is 2. The van der Waals surface area contributed by atoms with Crippen LogP contribution in [0.25, 0.3) is 0 Å². The second kappa shape index (κ2) is 6.57. The lowest BCUT2D eigenvalue weighted by atomic mass is 9.76. The first-order valence-electron chi connectivity index (χ1n) is 7.82. The second-order valence-corrected chi connectivity index (χ2v) is 6.82. The molecule has 0 aromatic heterocycles. The average Bonchev–Trinajstić information content (AvgIpc) is 2.64. The normalized spacial score (nSPS) is 18.3. The van der Waals surface area contributed by atoms with Crippen LogP contribution in [-0.2, 0) is 30.2 Å². The summed E-state index contributed by atoms with van der Waals surface area (Å²) >= 11 is 0. The van der Waals surface area contributed by atoms with Crippen LogP contribution in [0.3, 0.4) is 0 Å². The number of benzene rings is 1. The molecule has 0 atom stereocenters. The van der Waals surface area contributed by atoms with Crippen molar-refractivity contribution in [2.45, 2.75) is 59.4 Å². The first kappa shape index (κ1) is 18.5. The van der Waals surface area contributed by atoms with E-state index in [1.807, 2.05) is 27.7 Å². The van der Waals surface area contributed by atoms with Gasteiger partial charge in [-0.05, 0) is 50.9 Å². The van der Waals surface area contributed by atoms with E-state index in [0.29, 0.717) is 11.3 Å². The zero-order valence-electron chi connectivity index (χ0n) is 15.0. The molecule has 1 heterocycles. The molecule has 1 aromatic carbocycles. The smallest absolute Gasteiger partial charge is 0.461 e. The van der Waals surface area contributed by atoms with Crippen LogP contribution in [0.1, 0.15) is 47.1 Å². The molecule has 0 bridgehead atoms. The molecule has 1 fully saturated rings. The number of ether oxygens (including phenoxy) is 2. The van der Waals surface area contributed by atoms with Gasteiger partial charge in [0.1, 0.15) is 12.4 Å². The predicted molar refractivity (Wildman–Crippen MR) is 88.9 cm³/mol. The molecule has 2 rings (SSSR count). The van der Waals surface area contributed by atoms with E-state index in [0.717, 1.165) is 5.46 Å². The van der Waals surface area contributed by atoms with Gasteiger partial charge in [-0.15, -0.1) is 0 Å². The van der Waals surface area contributed by atoms with Crippen LogP contribution >= 0.6 is 0 Å². The van der Waals surface area contributed by atoms with E-state index in [-0.39, 0.29) is 6.61 Å². The van der Waals surface area contributed by atoms with Gasteiger partial charge in [-0.25, -0.2) is 0 Å². The molecule has 0 unspecified atom stereocenters. The van der Waals surface area contributed by atoms with Crippen LogP contribution in [0.4, 0.5) is 0 Å². The van der Waals surface area contributed by atoms with Crippen LogP contribution in [-0.4, -0.2) is 30.3 Å². The van der Waals surface area contributed by atoms with Gasteiger partial charge in [-0.1, -0.05) is 6.07 Å². The monoisotopic (exact) mass is 334 g/mol. The standard InChI is InChI=1S/C17H23BO6/c1-11(19)21-10-13-9-14(22-12(2)20)7-8-15(13)18-23-16(3,4)17(5,6)24-18/h7-9H,10H2,1-6H3. The Labute approximate surface area is 142 Å². The molecule has 24 heavy (non-hydrogen) atoms. The summed E-state index contributed by atoms with van der Waals surface area (Å²) in [7, 11) is -0.591. The van der Waals surface area contributed by atoms with Crippen LogP contribution in [0.15, 0.2) is 18.2 Å². The highest BCUT2D eigenvalue weighted by molar-refractivity contribution is 6.62. The summed E-state index contributed by atoms with van der Waals surface area (Å²) in [6, 6.07) is 5.09. The molecule has 130 valence electrons. The molecule has 1 aromatic rings. The maximum atomic E-state index is 11.1. The molecule has 0 spiro atoms. The minimum atomic E-state index is -0.591. The first-order valence-corrected chi connectivity index (χ1v) is 7.82. The van der Waals surface area contributed by atoms with Crippen LogP contribution in [0, 0.1) is 0 Å². The number of esters is 2. The minimum absolute atomic E-state index is 0.0455. The quantitative estimate of drug-likeness (QED) is 0.476. The Morgan fingerprint density at radius 2 is 1.62 bits per heavy atom. The molecule has 0 amide bonds. The van der Waals surface area contributed by atoms with E-state index in [1.165, 1.54) is 13.8 Å². The molecule has 1 aliphatic heterocycles. The highest BCUT2D eigenvalue weighted by Gasteiger charge is 2.52. The van der Waals surface area contributed by atoms with E-state index in [1.54, 1.807) is 18.2 Å². The van der Waals surface area contributed by atoms with Crippen LogP contribution in [0.5, 0.6) is 5.75 Å². The molecule has 7 heteroatoms. The molecule has 1 saturated heterocycles. The molecular formula is C17H23BO6. The van der Waals surface area contributed by atoms with Crippen molar-refractivity contribution in [1.29, 1.82) is 0 Å². The number of hydrogen-bond acceptors (Lipinski definition) is 6. The largest absolute Gasteiger partial charge is 0.495 e. The van der Waals surface area contributed by atoms with Crippen molar-refractivity contribution in [2.24, 2.45) is 0 Å². The fourth-order valence-corrected chi connectivity index (χ4v) is 2.32. The Balaban J connectivity index is 2.34. The Hall–Kier alpha value is -1.86. The SMILES string of the molecule is CC(=O)OCc1cc(OC(C)=O)ccc1B1OC(C)(C)C(C)(C)O1. The van der Waals surface area contributed by atoms with Gasteiger partial charge in [-0.2, -0.15) is 0 Å². The number of carbonyl (C=O) groups excluding carboxylic acids is 2. The third-order valence-corrected chi connectivity index (χ3v) is 4.31. The summed E-state index contributed by atoms with van der Waals surface area (Å²) in [6.07, 6.45) is 0. The van der Waals surface area contributed by atoms with Crippen molar-refractivity contribution < 1.29 is 28.4 Å². The first-order chi connectivity index (χ1) is 11.0. The second-order valence-electron chi connectivity index (χ2n) is 6.82. The van der Waals surface area contributed by atoms with Crippen LogP contribution < -0.4 is 10.2 Å². The van der Waals surface area contributed by atoms with E-state index in [9.17, 15) is 9.59 Å². The third-order valence-electron chi connectivity index (χ3n) is 4.31. The average molecular weight is 334 g/mol. The molecule has 1 aliphatic rings. The van der Waals surface area contributed by atoms with E-state index >= 15 is 0 Å². The topological polar surface area (TPSA) is 71.1 Å². The molecule has 0 N–H and O–H groups in total. The van der Waals surface area contributed by atoms with Crippen molar-refractivity contribution in [2.75, 3.05) is 0 Å². The predicted octanol–water partition coefficient (Wildman–Crippen LogP) is 1.97. The van der Waals surface area contributed by atoms with Gasteiger partial charge in [0.25, 0.3) is 0 Å². The Morgan fingerprint density at radius 3 is 2.12 bits per heavy atom. The summed E-state index contributed by atoms with van der Waals surface area (Å²) in [5.41, 5.74) is 0.448. The van der Waals surface area contributed by atoms with Gasteiger partial charge in [0.2, 0.25) is 0 Å². The van der Waals surface area contributed by atoms with Crippen molar-refractivity contribution in [3.05, 3.63) is 23.8 Å². The van der Waals surface area contributed by atoms with Crippen molar-refractivity contribution in [1.82, 2.24) is 0 Å². The molecule has 0 radical (unpaired) electrons. The van der Waals surface area contributed by atoms with Gasteiger partial charge in [0.05, 0.1) is 11.2 Å². The summed E-state index contributed by atoms with van der Waals surface area (Å²) in [4.78, 5) is 22.3. The van der Waals surface area contributed by atoms with Gasteiger partial charge >= 0.3 is 19.1 Å². The Kier molecular flexibility index (Phi) is 5.06. The summed E-state index contributed by atoms with van der Waals surface area (Å²) in [5, 5.41) is 0. The van der Waals surface area contributed by atoms with E-state index in [4.69, 9.17) is 18.8 Å². The molecule has 0 aliphatic carbocycles. The lowest BCUT2D eigenvalue weighted by molar-refractivity contribution is -0.142. The maximum Gasteiger partial charge on any atom is 0.495 e. The van der Waals surface area contributed by atoms with Gasteiger partial charge < -0.3 is 18.8 Å². The van der Waals surface area contributed by atoms with Crippen molar-refractivity contribution >= 4 is 24.5 Å². The Bertz CT molecular complexity index is 636. The third kappa shape index (κ3) is 3.97. The van der Waals surface area contributed by atoms with E-state index < -0.39 is 30.3 Å². The van der Waals surface area contributed by atoms with E-state index in [2.05, 4.69) is 0 Å². The lowest BCUT2D eigenvalue weighted by Gasteiger charge is -2.32.